The Morgan fingerprint density at radius 1 is 1.44 bits per heavy atom. The summed E-state index contributed by atoms with van der Waals surface area (Å²) in [6.07, 6.45) is 0. The van der Waals surface area contributed by atoms with E-state index in [-0.39, 0.29) is 5.69 Å². The molecule has 1 rings (SSSR count). The maximum absolute atomic E-state index is 10.8. The Morgan fingerprint density at radius 2 is 2.22 bits per heavy atom. The van der Waals surface area contributed by atoms with Crippen molar-refractivity contribution in [1.29, 1.82) is 0 Å². The van der Waals surface area contributed by atoms with Crippen LogP contribution in [0, 0.1) is 0 Å². The molecule has 0 atom stereocenters. The molecule has 0 amide bonds. The van der Waals surface area contributed by atoms with Crippen LogP contribution in [0.15, 0.2) is 18.2 Å². The highest BCUT2D eigenvalue weighted by Gasteiger charge is 2.08. The lowest BCUT2D eigenvalue weighted by Crippen LogP contribution is -2.27. The van der Waals surface area contributed by atoms with Crippen molar-refractivity contribution in [2.24, 2.45) is 0 Å². The van der Waals surface area contributed by atoms with E-state index in [9.17, 15) is 4.79 Å². The van der Waals surface area contributed by atoms with Gasteiger partial charge in [0.1, 0.15) is 5.69 Å². The molecule has 5 heteroatoms. The SMILES string of the molecule is CCOCCN(CC)Cc1cccc(C(=O)O)n1. The molecular weight excluding hydrogens is 232 g/mol. The zero-order valence-electron chi connectivity index (χ0n) is 10.9. The minimum absolute atomic E-state index is 0.0911. The average molecular weight is 252 g/mol. The van der Waals surface area contributed by atoms with E-state index in [1.54, 1.807) is 6.07 Å². The lowest BCUT2D eigenvalue weighted by molar-refractivity contribution is 0.0689. The second-order valence-electron chi connectivity index (χ2n) is 3.89. The third kappa shape index (κ3) is 4.81. The number of carbonyl (C=O) groups is 1. The van der Waals surface area contributed by atoms with Crippen molar-refractivity contribution in [1.82, 2.24) is 9.88 Å². The molecule has 0 aliphatic heterocycles. The Morgan fingerprint density at radius 3 is 2.83 bits per heavy atom. The second kappa shape index (κ2) is 7.79. The molecule has 0 spiro atoms. The number of aromatic carboxylic acids is 1. The number of carboxylic acid groups (broad SMARTS) is 1. The van der Waals surface area contributed by atoms with Crippen molar-refractivity contribution in [3.05, 3.63) is 29.6 Å². The van der Waals surface area contributed by atoms with E-state index >= 15 is 0 Å². The maximum atomic E-state index is 10.8. The average Bonchev–Trinajstić information content (AvgIpc) is 2.38. The van der Waals surface area contributed by atoms with E-state index in [4.69, 9.17) is 9.84 Å². The van der Waals surface area contributed by atoms with E-state index < -0.39 is 5.97 Å². The summed E-state index contributed by atoms with van der Waals surface area (Å²) in [6, 6.07) is 5.07. The molecule has 0 radical (unpaired) electrons. The third-order valence-corrected chi connectivity index (χ3v) is 2.61. The van der Waals surface area contributed by atoms with Gasteiger partial charge in [-0.25, -0.2) is 9.78 Å². The minimum atomic E-state index is -0.991. The fourth-order valence-electron chi connectivity index (χ4n) is 1.60. The van der Waals surface area contributed by atoms with Gasteiger partial charge >= 0.3 is 5.97 Å². The minimum Gasteiger partial charge on any atom is -0.477 e. The molecular formula is C13H20N2O3. The van der Waals surface area contributed by atoms with Gasteiger partial charge in [-0.3, -0.25) is 4.90 Å². The van der Waals surface area contributed by atoms with Crippen molar-refractivity contribution in [2.45, 2.75) is 20.4 Å². The van der Waals surface area contributed by atoms with Crippen molar-refractivity contribution >= 4 is 5.97 Å². The predicted octanol–water partition coefficient (Wildman–Crippen LogP) is 1.64. The molecule has 0 bridgehead atoms. The first-order chi connectivity index (χ1) is 8.67. The van der Waals surface area contributed by atoms with Gasteiger partial charge in [-0.05, 0) is 25.6 Å². The number of ether oxygens (including phenoxy) is 1. The molecule has 0 unspecified atom stereocenters. The molecule has 0 fully saturated rings. The maximum Gasteiger partial charge on any atom is 0.354 e. The summed E-state index contributed by atoms with van der Waals surface area (Å²) >= 11 is 0. The van der Waals surface area contributed by atoms with E-state index in [0.29, 0.717) is 19.8 Å². The second-order valence-corrected chi connectivity index (χ2v) is 3.89. The fraction of sp³-hybridized carbons (Fsp3) is 0.538. The van der Waals surface area contributed by atoms with Gasteiger partial charge < -0.3 is 9.84 Å². The van der Waals surface area contributed by atoms with Crippen LogP contribution >= 0.6 is 0 Å². The van der Waals surface area contributed by atoms with Crippen LogP contribution in [0.25, 0.3) is 0 Å². The zero-order chi connectivity index (χ0) is 13.4. The largest absolute Gasteiger partial charge is 0.477 e. The molecule has 1 N–H and O–H groups in total. The van der Waals surface area contributed by atoms with Crippen LogP contribution in [0.2, 0.25) is 0 Å². The fourth-order valence-corrected chi connectivity index (χ4v) is 1.60. The number of hydrogen-bond donors (Lipinski definition) is 1. The van der Waals surface area contributed by atoms with Gasteiger partial charge in [0.05, 0.1) is 12.3 Å². The number of pyridine rings is 1. The van der Waals surface area contributed by atoms with Crippen LogP contribution in [0.3, 0.4) is 0 Å². The Bertz CT molecular complexity index is 382. The molecule has 0 saturated heterocycles. The predicted molar refractivity (Wildman–Crippen MR) is 68.6 cm³/mol. The van der Waals surface area contributed by atoms with Crippen molar-refractivity contribution in [3.8, 4) is 0 Å². The standard InChI is InChI=1S/C13H20N2O3/c1-3-15(8-9-18-4-2)10-11-6-5-7-12(14-11)13(16)17/h5-7H,3-4,8-10H2,1-2H3,(H,16,17). The van der Waals surface area contributed by atoms with Gasteiger partial charge in [0.2, 0.25) is 0 Å². The van der Waals surface area contributed by atoms with Crippen LogP contribution in [0.4, 0.5) is 0 Å². The van der Waals surface area contributed by atoms with Crippen LogP contribution in [0.5, 0.6) is 0 Å². The normalized spacial score (nSPS) is 10.8. The smallest absolute Gasteiger partial charge is 0.354 e. The molecule has 0 saturated carbocycles. The van der Waals surface area contributed by atoms with Crippen molar-refractivity contribution in [3.63, 3.8) is 0 Å². The van der Waals surface area contributed by atoms with Gasteiger partial charge in [-0.2, -0.15) is 0 Å². The Labute approximate surface area is 107 Å². The highest BCUT2D eigenvalue weighted by Crippen LogP contribution is 2.04. The van der Waals surface area contributed by atoms with Crippen LogP contribution in [-0.4, -0.2) is 47.3 Å². The summed E-state index contributed by atoms with van der Waals surface area (Å²) in [5.41, 5.74) is 0.863. The molecule has 5 nitrogen and oxygen atoms in total. The Hall–Kier alpha value is -1.46. The first kappa shape index (κ1) is 14.6. The van der Waals surface area contributed by atoms with E-state index in [2.05, 4.69) is 16.8 Å². The highest BCUT2D eigenvalue weighted by atomic mass is 16.5. The molecule has 100 valence electrons. The first-order valence-corrected chi connectivity index (χ1v) is 6.16. The molecule has 0 aliphatic rings. The topological polar surface area (TPSA) is 62.7 Å². The summed E-state index contributed by atoms with van der Waals surface area (Å²) in [4.78, 5) is 17.1. The quantitative estimate of drug-likeness (QED) is 0.713. The summed E-state index contributed by atoms with van der Waals surface area (Å²) in [5.74, 6) is -0.991. The van der Waals surface area contributed by atoms with Crippen molar-refractivity contribution < 1.29 is 14.6 Å². The zero-order valence-corrected chi connectivity index (χ0v) is 10.9. The molecule has 0 aromatic carbocycles. The molecule has 1 aromatic heterocycles. The number of carboxylic acids is 1. The first-order valence-electron chi connectivity index (χ1n) is 6.16. The molecule has 0 aliphatic carbocycles. The molecule has 18 heavy (non-hydrogen) atoms. The van der Waals surface area contributed by atoms with Crippen LogP contribution in [-0.2, 0) is 11.3 Å². The van der Waals surface area contributed by atoms with Crippen molar-refractivity contribution in [2.75, 3.05) is 26.3 Å². The number of hydrogen-bond acceptors (Lipinski definition) is 4. The van der Waals surface area contributed by atoms with Gasteiger partial charge in [0.15, 0.2) is 0 Å². The number of rotatable bonds is 8. The number of nitrogens with zero attached hydrogens (tertiary/aromatic N) is 2. The lowest BCUT2D eigenvalue weighted by atomic mass is 10.3. The monoisotopic (exact) mass is 252 g/mol. The van der Waals surface area contributed by atoms with Gasteiger partial charge in [0.25, 0.3) is 0 Å². The van der Waals surface area contributed by atoms with E-state index in [1.165, 1.54) is 6.07 Å². The summed E-state index contributed by atoms with van der Waals surface area (Å²) in [6.45, 7) is 7.77. The summed E-state index contributed by atoms with van der Waals surface area (Å²) < 4.78 is 5.31. The highest BCUT2D eigenvalue weighted by molar-refractivity contribution is 5.85. The third-order valence-electron chi connectivity index (χ3n) is 2.61. The molecule has 1 heterocycles. The summed E-state index contributed by atoms with van der Waals surface area (Å²) in [5, 5.41) is 8.88. The van der Waals surface area contributed by atoms with E-state index in [1.807, 2.05) is 13.0 Å². The molecule has 1 aromatic rings. The Kier molecular flexibility index (Phi) is 6.32. The Balaban J connectivity index is 2.58. The van der Waals surface area contributed by atoms with Crippen LogP contribution < -0.4 is 0 Å². The summed E-state index contributed by atoms with van der Waals surface area (Å²) in [7, 11) is 0. The van der Waals surface area contributed by atoms with Gasteiger partial charge in [-0.1, -0.05) is 13.0 Å². The number of likely N-dealkylation sites (N-methyl/N-ethyl adjacent to an activating group) is 1. The number of aromatic nitrogens is 1. The van der Waals surface area contributed by atoms with Gasteiger partial charge in [-0.15, -0.1) is 0 Å². The lowest BCUT2D eigenvalue weighted by Gasteiger charge is -2.19. The van der Waals surface area contributed by atoms with Crippen LogP contribution in [0.1, 0.15) is 30.0 Å². The van der Waals surface area contributed by atoms with E-state index in [0.717, 1.165) is 18.8 Å². The van der Waals surface area contributed by atoms with Gasteiger partial charge in [0, 0.05) is 19.7 Å².